The highest BCUT2D eigenvalue weighted by Crippen LogP contribution is 2.28. The Hall–Kier alpha value is -2.42. The molecule has 0 amide bonds. The molecule has 20 heavy (non-hydrogen) atoms. The molecule has 0 atom stereocenters. The highest BCUT2D eigenvalue weighted by Gasteiger charge is 2.11. The monoisotopic (exact) mass is 264 g/mol. The molecule has 2 N–H and O–H groups in total. The SMILES string of the molecule is c1cc2ccc(CNc3ccc4c(c3)CCO4)cc2[nH]1. The van der Waals surface area contributed by atoms with Gasteiger partial charge in [0, 0.05) is 30.4 Å². The summed E-state index contributed by atoms with van der Waals surface area (Å²) in [5.74, 6) is 1.03. The first-order valence-corrected chi connectivity index (χ1v) is 6.94. The zero-order chi connectivity index (χ0) is 13.4. The summed E-state index contributed by atoms with van der Waals surface area (Å²) in [5, 5.41) is 4.73. The normalized spacial score (nSPS) is 13.2. The van der Waals surface area contributed by atoms with Crippen molar-refractivity contribution >= 4 is 16.6 Å². The molecular weight excluding hydrogens is 248 g/mol. The van der Waals surface area contributed by atoms with Crippen LogP contribution in [0.25, 0.3) is 10.9 Å². The standard InChI is InChI=1S/C17H16N2O/c1-2-13-5-7-18-16(13)9-12(1)11-19-15-3-4-17-14(10-15)6-8-20-17/h1-5,7,9-10,18-19H,6,8,11H2. The van der Waals surface area contributed by atoms with Crippen LogP contribution in [-0.4, -0.2) is 11.6 Å². The lowest BCUT2D eigenvalue weighted by atomic mass is 10.1. The first kappa shape index (κ1) is 11.4. The van der Waals surface area contributed by atoms with E-state index in [4.69, 9.17) is 4.74 Å². The Morgan fingerprint density at radius 3 is 3.10 bits per heavy atom. The van der Waals surface area contributed by atoms with Crippen LogP contribution in [0.1, 0.15) is 11.1 Å². The fraction of sp³-hybridized carbons (Fsp3) is 0.176. The van der Waals surface area contributed by atoms with Gasteiger partial charge in [0.15, 0.2) is 0 Å². The first-order chi connectivity index (χ1) is 9.88. The molecule has 2 heterocycles. The lowest BCUT2D eigenvalue weighted by Gasteiger charge is -2.08. The molecule has 1 aliphatic rings. The van der Waals surface area contributed by atoms with Gasteiger partial charge < -0.3 is 15.0 Å². The van der Waals surface area contributed by atoms with E-state index in [1.54, 1.807) is 0 Å². The van der Waals surface area contributed by atoms with Gasteiger partial charge in [-0.1, -0.05) is 12.1 Å². The molecule has 0 unspecified atom stereocenters. The summed E-state index contributed by atoms with van der Waals surface area (Å²) < 4.78 is 5.52. The van der Waals surface area contributed by atoms with Gasteiger partial charge >= 0.3 is 0 Å². The van der Waals surface area contributed by atoms with E-state index >= 15 is 0 Å². The van der Waals surface area contributed by atoms with Crippen molar-refractivity contribution in [1.82, 2.24) is 4.98 Å². The fourth-order valence-corrected chi connectivity index (χ4v) is 2.71. The van der Waals surface area contributed by atoms with E-state index in [0.29, 0.717) is 0 Å². The maximum atomic E-state index is 5.52. The summed E-state index contributed by atoms with van der Waals surface area (Å²) in [4.78, 5) is 3.25. The fourth-order valence-electron chi connectivity index (χ4n) is 2.71. The van der Waals surface area contributed by atoms with Crippen molar-refractivity contribution in [1.29, 1.82) is 0 Å². The molecule has 2 aromatic carbocycles. The van der Waals surface area contributed by atoms with Crippen molar-refractivity contribution in [2.24, 2.45) is 0 Å². The average Bonchev–Trinajstić information content (AvgIpc) is 3.12. The van der Waals surface area contributed by atoms with E-state index in [-0.39, 0.29) is 0 Å². The predicted octanol–water partition coefficient (Wildman–Crippen LogP) is 3.71. The van der Waals surface area contributed by atoms with Crippen LogP contribution in [0.5, 0.6) is 5.75 Å². The molecule has 0 aliphatic carbocycles. The van der Waals surface area contributed by atoms with E-state index in [1.165, 1.54) is 22.0 Å². The Kier molecular flexibility index (Phi) is 2.62. The second-order valence-corrected chi connectivity index (χ2v) is 5.17. The summed E-state index contributed by atoms with van der Waals surface area (Å²) in [7, 11) is 0. The third kappa shape index (κ3) is 2.01. The Balaban J connectivity index is 1.52. The highest BCUT2D eigenvalue weighted by atomic mass is 16.5. The Morgan fingerprint density at radius 1 is 1.10 bits per heavy atom. The van der Waals surface area contributed by atoms with Crippen LogP contribution in [0, 0.1) is 0 Å². The van der Waals surface area contributed by atoms with Crippen LogP contribution in [0.2, 0.25) is 0 Å². The molecule has 4 rings (SSSR count). The molecule has 3 nitrogen and oxygen atoms in total. The van der Waals surface area contributed by atoms with E-state index in [2.05, 4.69) is 52.8 Å². The summed E-state index contributed by atoms with van der Waals surface area (Å²) >= 11 is 0. The minimum Gasteiger partial charge on any atom is -0.493 e. The quantitative estimate of drug-likeness (QED) is 0.756. The van der Waals surface area contributed by atoms with Gasteiger partial charge in [-0.3, -0.25) is 0 Å². The van der Waals surface area contributed by atoms with E-state index in [1.807, 2.05) is 6.20 Å². The van der Waals surface area contributed by atoms with E-state index in [9.17, 15) is 0 Å². The minimum atomic E-state index is 0.808. The minimum absolute atomic E-state index is 0.808. The van der Waals surface area contributed by atoms with Gasteiger partial charge in [0.1, 0.15) is 5.75 Å². The summed E-state index contributed by atoms with van der Waals surface area (Å²) in [5.41, 5.74) is 4.92. The molecule has 0 radical (unpaired) electrons. The zero-order valence-electron chi connectivity index (χ0n) is 11.1. The van der Waals surface area contributed by atoms with Gasteiger partial charge in [-0.2, -0.15) is 0 Å². The molecule has 0 fully saturated rings. The molecule has 3 heteroatoms. The number of aromatic amines is 1. The van der Waals surface area contributed by atoms with E-state index < -0.39 is 0 Å². The van der Waals surface area contributed by atoms with Crippen LogP contribution < -0.4 is 10.1 Å². The first-order valence-electron chi connectivity index (χ1n) is 6.94. The highest BCUT2D eigenvalue weighted by molar-refractivity contribution is 5.79. The second-order valence-electron chi connectivity index (χ2n) is 5.17. The number of aromatic nitrogens is 1. The molecular formula is C17H16N2O. The number of hydrogen-bond donors (Lipinski definition) is 2. The van der Waals surface area contributed by atoms with Crippen molar-refractivity contribution in [2.75, 3.05) is 11.9 Å². The Bertz CT molecular complexity index is 761. The number of benzene rings is 2. The number of hydrogen-bond acceptors (Lipinski definition) is 2. The average molecular weight is 264 g/mol. The number of fused-ring (bicyclic) bond motifs is 2. The molecule has 0 saturated heterocycles. The maximum Gasteiger partial charge on any atom is 0.122 e. The van der Waals surface area contributed by atoms with Crippen LogP contribution in [0.3, 0.4) is 0 Å². The third-order valence-electron chi connectivity index (χ3n) is 3.81. The molecule has 3 aromatic rings. The number of anilines is 1. The Labute approximate surface area is 117 Å². The number of H-pyrrole nitrogens is 1. The van der Waals surface area contributed by atoms with Gasteiger partial charge in [-0.25, -0.2) is 0 Å². The van der Waals surface area contributed by atoms with Gasteiger partial charge in [0.2, 0.25) is 0 Å². The Morgan fingerprint density at radius 2 is 2.10 bits per heavy atom. The van der Waals surface area contributed by atoms with Crippen LogP contribution in [0.15, 0.2) is 48.7 Å². The van der Waals surface area contributed by atoms with Gasteiger partial charge in [-0.15, -0.1) is 0 Å². The van der Waals surface area contributed by atoms with Crippen LogP contribution in [-0.2, 0) is 13.0 Å². The molecule has 0 bridgehead atoms. The third-order valence-corrected chi connectivity index (χ3v) is 3.81. The van der Waals surface area contributed by atoms with Gasteiger partial charge in [0.25, 0.3) is 0 Å². The lowest BCUT2D eigenvalue weighted by molar-refractivity contribution is 0.357. The maximum absolute atomic E-state index is 5.52. The van der Waals surface area contributed by atoms with Crippen LogP contribution >= 0.6 is 0 Å². The molecule has 1 aliphatic heterocycles. The van der Waals surface area contributed by atoms with Crippen molar-refractivity contribution in [3.63, 3.8) is 0 Å². The smallest absolute Gasteiger partial charge is 0.122 e. The van der Waals surface area contributed by atoms with Crippen LogP contribution in [0.4, 0.5) is 5.69 Å². The number of nitrogens with one attached hydrogen (secondary N) is 2. The molecule has 100 valence electrons. The van der Waals surface area contributed by atoms with Gasteiger partial charge in [-0.05, 0) is 46.8 Å². The van der Waals surface area contributed by atoms with Gasteiger partial charge in [0.05, 0.1) is 6.61 Å². The zero-order valence-corrected chi connectivity index (χ0v) is 11.1. The number of ether oxygens (including phenoxy) is 1. The molecule has 0 spiro atoms. The molecule has 1 aromatic heterocycles. The van der Waals surface area contributed by atoms with Crippen molar-refractivity contribution in [2.45, 2.75) is 13.0 Å². The second kappa shape index (κ2) is 4.60. The van der Waals surface area contributed by atoms with E-state index in [0.717, 1.165) is 31.0 Å². The lowest BCUT2D eigenvalue weighted by Crippen LogP contribution is -1.99. The summed E-state index contributed by atoms with van der Waals surface area (Å²) in [6.45, 7) is 1.64. The predicted molar refractivity (Wildman–Crippen MR) is 81.3 cm³/mol. The summed E-state index contributed by atoms with van der Waals surface area (Å²) in [6.07, 6.45) is 2.99. The van der Waals surface area contributed by atoms with Crippen molar-refractivity contribution in [3.05, 3.63) is 59.8 Å². The topological polar surface area (TPSA) is 37.0 Å². The number of rotatable bonds is 3. The molecule has 0 saturated carbocycles. The largest absolute Gasteiger partial charge is 0.493 e. The summed E-state index contributed by atoms with van der Waals surface area (Å²) in [6, 6.07) is 14.9. The van der Waals surface area contributed by atoms with Crippen molar-refractivity contribution < 1.29 is 4.74 Å². The van der Waals surface area contributed by atoms with Crippen molar-refractivity contribution in [3.8, 4) is 5.75 Å².